The van der Waals surface area contributed by atoms with Gasteiger partial charge in [-0.3, -0.25) is 9.80 Å². The molecule has 2 N–H and O–H groups in total. The lowest BCUT2D eigenvalue weighted by atomic mass is 10.4. The molecule has 18 heavy (non-hydrogen) atoms. The number of aromatic amines is 2. The summed E-state index contributed by atoms with van der Waals surface area (Å²) in [6.45, 7) is 3.78. The number of rotatable bonds is 6. The van der Waals surface area contributed by atoms with Crippen molar-refractivity contribution in [3.63, 3.8) is 0 Å². The maximum atomic E-state index is 4.24. The smallest absolute Gasteiger partial charge is 0.120 e. The van der Waals surface area contributed by atoms with Crippen LogP contribution in [0.25, 0.3) is 0 Å². The third-order valence-electron chi connectivity index (χ3n) is 3.18. The van der Waals surface area contributed by atoms with Crippen LogP contribution in [0.1, 0.15) is 18.6 Å². The van der Waals surface area contributed by atoms with E-state index in [9.17, 15) is 0 Å². The minimum atomic E-state index is 0.306. The molecule has 0 aliphatic heterocycles. The molecule has 0 fully saturated rings. The molecule has 2 rings (SSSR count). The Morgan fingerprint density at radius 3 is 1.78 bits per heavy atom. The highest BCUT2D eigenvalue weighted by molar-refractivity contribution is 4.89. The summed E-state index contributed by atoms with van der Waals surface area (Å²) < 4.78 is 0. The van der Waals surface area contributed by atoms with Gasteiger partial charge in [-0.15, -0.1) is 0 Å². The Morgan fingerprint density at radius 1 is 1.00 bits per heavy atom. The lowest BCUT2D eigenvalue weighted by Crippen LogP contribution is -2.42. The number of imidazole rings is 2. The van der Waals surface area contributed by atoms with Crippen molar-refractivity contribution in [2.75, 3.05) is 14.1 Å². The molecule has 0 radical (unpaired) electrons. The van der Waals surface area contributed by atoms with Crippen LogP contribution in [0.2, 0.25) is 0 Å². The fourth-order valence-corrected chi connectivity index (χ4v) is 1.84. The number of aromatic nitrogens is 4. The minimum absolute atomic E-state index is 0.306. The van der Waals surface area contributed by atoms with Crippen molar-refractivity contribution in [2.45, 2.75) is 26.2 Å². The molecule has 0 saturated carbocycles. The summed E-state index contributed by atoms with van der Waals surface area (Å²) in [5, 5.41) is 0. The molecule has 0 spiro atoms. The molecular weight excluding hydrogens is 228 g/mol. The molecule has 0 saturated heterocycles. The second-order valence-corrected chi connectivity index (χ2v) is 4.53. The van der Waals surface area contributed by atoms with Crippen molar-refractivity contribution >= 4 is 0 Å². The maximum Gasteiger partial charge on any atom is 0.120 e. The van der Waals surface area contributed by atoms with Crippen molar-refractivity contribution in [1.82, 2.24) is 29.7 Å². The number of H-pyrrole nitrogens is 2. The highest BCUT2D eigenvalue weighted by atomic mass is 15.3. The fraction of sp³-hybridized carbons (Fsp3) is 0.500. The van der Waals surface area contributed by atoms with Crippen molar-refractivity contribution < 1.29 is 0 Å². The van der Waals surface area contributed by atoms with Crippen LogP contribution in [0.4, 0.5) is 0 Å². The van der Waals surface area contributed by atoms with Gasteiger partial charge in [-0.1, -0.05) is 0 Å². The summed E-state index contributed by atoms with van der Waals surface area (Å²) in [6, 6.07) is 0. The van der Waals surface area contributed by atoms with Gasteiger partial charge in [-0.25, -0.2) is 9.97 Å². The van der Waals surface area contributed by atoms with E-state index in [-0.39, 0.29) is 0 Å². The molecule has 0 aromatic carbocycles. The standard InChI is InChI=1S/C12H20N6/c1-10(17(2)8-11-13-4-5-14-11)18(3)9-12-15-6-7-16-12/h4-7,10H,8-9H2,1-3H3,(H,13,14)(H,15,16). The molecule has 0 atom stereocenters. The highest BCUT2D eigenvalue weighted by Crippen LogP contribution is 2.07. The van der Waals surface area contributed by atoms with Crippen molar-refractivity contribution in [3.8, 4) is 0 Å². The van der Waals surface area contributed by atoms with Gasteiger partial charge in [0.1, 0.15) is 11.6 Å². The summed E-state index contributed by atoms with van der Waals surface area (Å²) in [5.41, 5.74) is 0. The Kier molecular flexibility index (Phi) is 4.11. The monoisotopic (exact) mass is 248 g/mol. The zero-order chi connectivity index (χ0) is 13.0. The van der Waals surface area contributed by atoms with E-state index in [4.69, 9.17) is 0 Å². The average molecular weight is 248 g/mol. The summed E-state index contributed by atoms with van der Waals surface area (Å²) in [5.74, 6) is 1.96. The molecule has 2 aromatic heterocycles. The molecule has 0 bridgehead atoms. The Bertz CT molecular complexity index is 393. The first kappa shape index (κ1) is 12.8. The van der Waals surface area contributed by atoms with Gasteiger partial charge in [0.15, 0.2) is 0 Å². The largest absolute Gasteiger partial charge is 0.348 e. The molecule has 0 unspecified atom stereocenters. The van der Waals surface area contributed by atoms with E-state index in [0.29, 0.717) is 6.17 Å². The van der Waals surface area contributed by atoms with Crippen LogP contribution in [0.15, 0.2) is 24.8 Å². The number of nitrogens with zero attached hydrogens (tertiary/aromatic N) is 4. The van der Waals surface area contributed by atoms with Crippen LogP contribution < -0.4 is 0 Å². The average Bonchev–Trinajstić information content (AvgIpc) is 3.01. The normalized spacial score (nSPS) is 11.9. The summed E-state index contributed by atoms with van der Waals surface area (Å²) in [6.07, 6.45) is 7.56. The Morgan fingerprint density at radius 2 is 1.44 bits per heavy atom. The summed E-state index contributed by atoms with van der Waals surface area (Å²) >= 11 is 0. The number of hydrogen-bond donors (Lipinski definition) is 2. The van der Waals surface area contributed by atoms with Gasteiger partial charge in [0.2, 0.25) is 0 Å². The second-order valence-electron chi connectivity index (χ2n) is 4.53. The lowest BCUT2D eigenvalue weighted by Gasteiger charge is -2.31. The van der Waals surface area contributed by atoms with E-state index in [0.717, 1.165) is 24.7 Å². The minimum Gasteiger partial charge on any atom is -0.348 e. The predicted octanol–water partition coefficient (Wildman–Crippen LogP) is 1.04. The van der Waals surface area contributed by atoms with Gasteiger partial charge in [0.25, 0.3) is 0 Å². The topological polar surface area (TPSA) is 63.8 Å². The third kappa shape index (κ3) is 3.18. The van der Waals surface area contributed by atoms with E-state index >= 15 is 0 Å². The zero-order valence-electron chi connectivity index (χ0n) is 11.1. The molecule has 0 aliphatic rings. The SMILES string of the molecule is CC(N(C)Cc1ncc[nH]1)N(C)Cc1ncc[nH]1. The molecule has 6 heteroatoms. The first-order valence-electron chi connectivity index (χ1n) is 6.04. The number of nitrogens with one attached hydrogen (secondary N) is 2. The van der Waals surface area contributed by atoms with E-state index in [1.165, 1.54) is 0 Å². The molecule has 2 aromatic rings. The van der Waals surface area contributed by atoms with Gasteiger partial charge in [0.05, 0.1) is 19.3 Å². The first-order valence-corrected chi connectivity index (χ1v) is 6.04. The van der Waals surface area contributed by atoms with Gasteiger partial charge in [-0.2, -0.15) is 0 Å². The second kappa shape index (κ2) is 5.79. The quantitative estimate of drug-likeness (QED) is 0.750. The Labute approximate surface area is 107 Å². The predicted molar refractivity (Wildman–Crippen MR) is 69.6 cm³/mol. The van der Waals surface area contributed by atoms with E-state index in [1.54, 1.807) is 12.4 Å². The summed E-state index contributed by atoms with van der Waals surface area (Å²) in [4.78, 5) is 19.2. The molecule has 0 amide bonds. The van der Waals surface area contributed by atoms with Crippen molar-refractivity contribution in [2.24, 2.45) is 0 Å². The molecule has 0 aliphatic carbocycles. The molecule has 98 valence electrons. The van der Waals surface area contributed by atoms with Crippen LogP contribution in [-0.2, 0) is 13.1 Å². The van der Waals surface area contributed by atoms with Gasteiger partial charge in [-0.05, 0) is 21.0 Å². The van der Waals surface area contributed by atoms with Gasteiger partial charge >= 0.3 is 0 Å². The van der Waals surface area contributed by atoms with Crippen LogP contribution >= 0.6 is 0 Å². The van der Waals surface area contributed by atoms with Crippen LogP contribution in [-0.4, -0.2) is 50.0 Å². The van der Waals surface area contributed by atoms with E-state index < -0.39 is 0 Å². The van der Waals surface area contributed by atoms with Gasteiger partial charge < -0.3 is 9.97 Å². The highest BCUT2D eigenvalue weighted by Gasteiger charge is 2.16. The van der Waals surface area contributed by atoms with E-state index in [1.807, 2.05) is 12.4 Å². The molecule has 6 nitrogen and oxygen atoms in total. The van der Waals surface area contributed by atoms with Crippen molar-refractivity contribution in [3.05, 3.63) is 36.4 Å². The summed E-state index contributed by atoms with van der Waals surface area (Å²) in [7, 11) is 4.18. The van der Waals surface area contributed by atoms with Crippen LogP contribution in [0.3, 0.4) is 0 Å². The Balaban J connectivity index is 1.87. The van der Waals surface area contributed by atoms with Crippen molar-refractivity contribution in [1.29, 1.82) is 0 Å². The Hall–Kier alpha value is -1.66. The lowest BCUT2D eigenvalue weighted by molar-refractivity contribution is 0.0823. The first-order chi connectivity index (χ1) is 8.66. The molecular formula is C12H20N6. The molecule has 2 heterocycles. The van der Waals surface area contributed by atoms with E-state index in [2.05, 4.69) is 50.8 Å². The maximum absolute atomic E-state index is 4.24. The zero-order valence-corrected chi connectivity index (χ0v) is 11.1. The third-order valence-corrected chi connectivity index (χ3v) is 3.18. The van der Waals surface area contributed by atoms with Crippen LogP contribution in [0, 0.1) is 0 Å². The van der Waals surface area contributed by atoms with Gasteiger partial charge in [0, 0.05) is 24.8 Å². The van der Waals surface area contributed by atoms with Crippen LogP contribution in [0.5, 0.6) is 0 Å². The fourth-order valence-electron chi connectivity index (χ4n) is 1.84. The number of hydrogen-bond acceptors (Lipinski definition) is 4.